The zero-order chi connectivity index (χ0) is 5.86. The molecule has 0 bridgehead atoms. The molecule has 44 valence electrons. The average Bonchev–Trinajstić information content (AvgIpc) is 1.65. The van der Waals surface area contributed by atoms with E-state index in [2.05, 4.69) is 31.9 Å². The summed E-state index contributed by atoms with van der Waals surface area (Å²) in [5.74, 6) is 0. The molecule has 0 aliphatic rings. The van der Waals surface area contributed by atoms with Crippen molar-refractivity contribution in [3.63, 3.8) is 0 Å². The third-order valence-corrected chi connectivity index (χ3v) is 3.94. The molecule has 0 fully saturated rings. The Balaban J connectivity index is 3.14. The lowest BCUT2D eigenvalue weighted by molar-refractivity contribution is 0.947. The van der Waals surface area contributed by atoms with E-state index in [4.69, 9.17) is 11.6 Å². The highest BCUT2D eigenvalue weighted by Crippen LogP contribution is 2.12. The van der Waals surface area contributed by atoms with Gasteiger partial charge < -0.3 is 0 Å². The molecular weight excluding hydrogens is 243 g/mol. The molecule has 0 aromatic carbocycles. The Labute approximate surface area is 65.9 Å². The van der Waals surface area contributed by atoms with Crippen LogP contribution in [0.15, 0.2) is 0 Å². The summed E-state index contributed by atoms with van der Waals surface area (Å²) >= 11 is 12.3. The second-order valence-corrected chi connectivity index (χ2v) is 3.86. The molecule has 0 N–H and O–H groups in total. The molecule has 2 atom stereocenters. The molecule has 0 rings (SSSR count). The van der Waals surface area contributed by atoms with E-state index in [0.29, 0.717) is 4.83 Å². The average molecular weight is 250 g/mol. The highest BCUT2D eigenvalue weighted by molar-refractivity contribution is 9.12. The van der Waals surface area contributed by atoms with Crippen molar-refractivity contribution < 1.29 is 0 Å². The Bertz CT molecular complexity index is 47.0. The maximum Gasteiger partial charge on any atom is 0.0441 e. The fourth-order valence-corrected chi connectivity index (χ4v) is 0.988. The lowest BCUT2D eigenvalue weighted by Crippen LogP contribution is -2.10. The molecule has 0 aromatic rings. The van der Waals surface area contributed by atoms with Crippen LogP contribution in [0.25, 0.3) is 0 Å². The number of halogens is 3. The van der Waals surface area contributed by atoms with Gasteiger partial charge in [0.05, 0.1) is 0 Å². The molecule has 2 unspecified atom stereocenters. The Hall–Kier alpha value is 1.25. The lowest BCUT2D eigenvalue weighted by atomic mass is 10.4. The molecule has 0 amide bonds. The SMILES string of the molecule is CC(Cl)C(Br)CBr. The standard InChI is InChI=1S/C4H7Br2Cl/c1-3(7)4(6)2-5/h3-4H,2H2,1H3. The van der Waals surface area contributed by atoms with Crippen molar-refractivity contribution in [2.24, 2.45) is 0 Å². The van der Waals surface area contributed by atoms with Crippen LogP contribution < -0.4 is 0 Å². The van der Waals surface area contributed by atoms with Gasteiger partial charge in [0, 0.05) is 15.5 Å². The van der Waals surface area contributed by atoms with Gasteiger partial charge in [-0.15, -0.1) is 11.6 Å². The second kappa shape index (κ2) is 4.16. The fourth-order valence-electron chi connectivity index (χ4n) is 0.123. The molecule has 0 saturated heterocycles. The summed E-state index contributed by atoms with van der Waals surface area (Å²) in [7, 11) is 0. The van der Waals surface area contributed by atoms with Gasteiger partial charge in [-0.25, -0.2) is 0 Å². The van der Waals surface area contributed by atoms with E-state index in [1.165, 1.54) is 0 Å². The van der Waals surface area contributed by atoms with Gasteiger partial charge in [0.1, 0.15) is 0 Å². The fraction of sp³-hybridized carbons (Fsp3) is 1.00. The van der Waals surface area contributed by atoms with Crippen LogP contribution in [0, 0.1) is 0 Å². The molecular formula is C4H7Br2Cl. The third kappa shape index (κ3) is 3.80. The Kier molecular flexibility index (Phi) is 4.90. The van der Waals surface area contributed by atoms with Crippen LogP contribution >= 0.6 is 43.5 Å². The molecule has 7 heavy (non-hydrogen) atoms. The van der Waals surface area contributed by atoms with Gasteiger partial charge in [-0.3, -0.25) is 0 Å². The first-order chi connectivity index (χ1) is 3.18. The van der Waals surface area contributed by atoms with Crippen LogP contribution in [-0.2, 0) is 0 Å². The van der Waals surface area contributed by atoms with Crippen molar-refractivity contribution in [2.45, 2.75) is 17.1 Å². The predicted octanol–water partition coefficient (Wildman–Crippen LogP) is 2.77. The monoisotopic (exact) mass is 248 g/mol. The van der Waals surface area contributed by atoms with Crippen LogP contribution in [0.1, 0.15) is 6.92 Å². The van der Waals surface area contributed by atoms with Gasteiger partial charge >= 0.3 is 0 Å². The molecule has 0 radical (unpaired) electrons. The molecule has 0 spiro atoms. The smallest absolute Gasteiger partial charge is 0.0441 e. The molecule has 0 saturated carbocycles. The summed E-state index contributed by atoms with van der Waals surface area (Å²) in [5, 5.41) is 1.12. The number of hydrogen-bond donors (Lipinski definition) is 0. The van der Waals surface area contributed by atoms with Gasteiger partial charge in [-0.2, -0.15) is 0 Å². The Morgan fingerprint density at radius 1 is 1.71 bits per heavy atom. The zero-order valence-corrected chi connectivity index (χ0v) is 7.92. The highest BCUT2D eigenvalue weighted by Gasteiger charge is 2.06. The summed E-state index contributed by atoms with van der Waals surface area (Å²) in [5.41, 5.74) is 0. The van der Waals surface area contributed by atoms with Crippen molar-refractivity contribution in [3.8, 4) is 0 Å². The first kappa shape index (κ1) is 8.25. The molecule has 0 heterocycles. The van der Waals surface area contributed by atoms with Crippen LogP contribution in [0.3, 0.4) is 0 Å². The van der Waals surface area contributed by atoms with Crippen LogP contribution in [-0.4, -0.2) is 15.5 Å². The maximum absolute atomic E-state index is 5.65. The van der Waals surface area contributed by atoms with Crippen LogP contribution in [0.4, 0.5) is 0 Å². The molecule has 0 nitrogen and oxygen atoms in total. The van der Waals surface area contributed by atoms with E-state index in [-0.39, 0.29) is 5.38 Å². The number of rotatable bonds is 2. The number of hydrogen-bond acceptors (Lipinski definition) is 0. The molecule has 0 aliphatic carbocycles. The normalized spacial score (nSPS) is 18.9. The minimum Gasteiger partial charge on any atom is -0.122 e. The van der Waals surface area contributed by atoms with Gasteiger partial charge in [0.2, 0.25) is 0 Å². The van der Waals surface area contributed by atoms with Crippen molar-refractivity contribution in [1.29, 1.82) is 0 Å². The van der Waals surface area contributed by atoms with Crippen LogP contribution in [0.5, 0.6) is 0 Å². The minimum absolute atomic E-state index is 0.208. The van der Waals surface area contributed by atoms with E-state index in [1.54, 1.807) is 0 Å². The van der Waals surface area contributed by atoms with E-state index in [0.717, 1.165) is 5.33 Å². The van der Waals surface area contributed by atoms with E-state index >= 15 is 0 Å². The summed E-state index contributed by atoms with van der Waals surface area (Å²) in [6, 6.07) is 0. The maximum atomic E-state index is 5.65. The second-order valence-electron chi connectivity index (χ2n) is 1.35. The lowest BCUT2D eigenvalue weighted by Gasteiger charge is -2.05. The van der Waals surface area contributed by atoms with E-state index in [1.807, 2.05) is 6.92 Å². The third-order valence-electron chi connectivity index (χ3n) is 0.646. The summed E-state index contributed by atoms with van der Waals surface area (Å²) in [6.07, 6.45) is 0. The van der Waals surface area contributed by atoms with Gasteiger partial charge in [0.25, 0.3) is 0 Å². The predicted molar refractivity (Wildman–Crippen MR) is 41.8 cm³/mol. The first-order valence-electron chi connectivity index (χ1n) is 2.02. The minimum atomic E-state index is 0.208. The van der Waals surface area contributed by atoms with Crippen LogP contribution in [0.2, 0.25) is 0 Å². The summed E-state index contributed by atoms with van der Waals surface area (Å²) < 4.78 is 0. The van der Waals surface area contributed by atoms with Gasteiger partial charge in [0.15, 0.2) is 0 Å². The van der Waals surface area contributed by atoms with E-state index in [9.17, 15) is 0 Å². The first-order valence-corrected chi connectivity index (χ1v) is 4.50. The van der Waals surface area contributed by atoms with Gasteiger partial charge in [-0.05, 0) is 6.92 Å². The highest BCUT2D eigenvalue weighted by atomic mass is 79.9. The Morgan fingerprint density at radius 2 is 2.14 bits per heavy atom. The summed E-state index contributed by atoms with van der Waals surface area (Å²) in [4.78, 5) is 0.397. The number of alkyl halides is 3. The topological polar surface area (TPSA) is 0 Å². The quantitative estimate of drug-likeness (QED) is 0.661. The zero-order valence-electron chi connectivity index (χ0n) is 4.00. The molecule has 3 heteroatoms. The van der Waals surface area contributed by atoms with Crippen molar-refractivity contribution in [3.05, 3.63) is 0 Å². The molecule has 0 aliphatic heterocycles. The summed E-state index contributed by atoms with van der Waals surface area (Å²) in [6.45, 7) is 1.96. The van der Waals surface area contributed by atoms with Gasteiger partial charge in [-0.1, -0.05) is 31.9 Å². The molecule has 0 aromatic heterocycles. The Morgan fingerprint density at radius 3 is 2.14 bits per heavy atom. The van der Waals surface area contributed by atoms with E-state index < -0.39 is 0 Å². The van der Waals surface area contributed by atoms with Crippen molar-refractivity contribution >= 4 is 43.5 Å². The van der Waals surface area contributed by atoms with Crippen molar-refractivity contribution in [1.82, 2.24) is 0 Å². The van der Waals surface area contributed by atoms with Crippen molar-refractivity contribution in [2.75, 3.05) is 5.33 Å². The largest absolute Gasteiger partial charge is 0.122 e.